The Kier molecular flexibility index (Phi) is 7.36. The Morgan fingerprint density at radius 3 is 1.70 bits per heavy atom. The fourth-order valence-corrected chi connectivity index (χ4v) is 7.16. The molecule has 0 amide bonds. The van der Waals surface area contributed by atoms with Gasteiger partial charge in [-0.1, -0.05) is 109 Å². The number of benzene rings is 5. The highest BCUT2D eigenvalue weighted by molar-refractivity contribution is 6.17. The largest absolute Gasteiger partial charge is 0.455 e. The molecule has 10 rings (SSSR count). The van der Waals surface area contributed by atoms with E-state index in [0.29, 0.717) is 5.82 Å². The van der Waals surface area contributed by atoms with Gasteiger partial charge in [-0.25, -0.2) is 15.0 Å². The molecule has 0 aliphatic heterocycles. The molecule has 0 atom stereocenters. The van der Waals surface area contributed by atoms with E-state index in [-0.39, 0.29) is 0 Å². The van der Waals surface area contributed by atoms with Gasteiger partial charge in [0.15, 0.2) is 5.82 Å². The summed E-state index contributed by atoms with van der Waals surface area (Å²) >= 11 is 0. The van der Waals surface area contributed by atoms with Crippen LogP contribution in [0, 0.1) is 0 Å². The first-order valence-corrected chi connectivity index (χ1v) is 17.5. The van der Waals surface area contributed by atoms with E-state index in [4.69, 9.17) is 19.4 Å². The summed E-state index contributed by atoms with van der Waals surface area (Å²) in [5, 5.41) is 2.91. The number of aromatic nitrogens is 5. The van der Waals surface area contributed by atoms with E-state index in [1.807, 2.05) is 103 Å². The van der Waals surface area contributed by atoms with Gasteiger partial charge in [0, 0.05) is 63.4 Å². The molecule has 10 aromatic rings. The molecule has 0 radical (unpaired) electrons. The summed E-state index contributed by atoms with van der Waals surface area (Å²) < 4.78 is 6.97. The van der Waals surface area contributed by atoms with Crippen molar-refractivity contribution in [3.8, 4) is 67.5 Å². The van der Waals surface area contributed by atoms with E-state index >= 15 is 0 Å². The third kappa shape index (κ3) is 5.41. The van der Waals surface area contributed by atoms with Crippen molar-refractivity contribution in [2.45, 2.75) is 0 Å². The van der Waals surface area contributed by atoms with E-state index in [0.717, 1.165) is 94.4 Å². The van der Waals surface area contributed by atoms with Gasteiger partial charge in [-0.2, -0.15) is 0 Å². The van der Waals surface area contributed by atoms with Crippen molar-refractivity contribution in [1.82, 2.24) is 24.9 Å². The lowest BCUT2D eigenvalue weighted by Gasteiger charge is -2.11. The average Bonchev–Trinajstić information content (AvgIpc) is 3.65. The first-order valence-electron chi connectivity index (χ1n) is 17.5. The molecule has 5 aromatic carbocycles. The second-order valence-electron chi connectivity index (χ2n) is 12.9. The molecule has 6 nitrogen and oxygen atoms in total. The van der Waals surface area contributed by atoms with Crippen molar-refractivity contribution < 1.29 is 4.42 Å². The van der Waals surface area contributed by atoms with Crippen molar-refractivity contribution in [3.05, 3.63) is 176 Å². The zero-order chi connectivity index (χ0) is 35.1. The molecule has 6 heteroatoms. The van der Waals surface area contributed by atoms with Gasteiger partial charge in [0.2, 0.25) is 0 Å². The van der Waals surface area contributed by atoms with Crippen LogP contribution in [0.2, 0.25) is 0 Å². The number of para-hydroxylation sites is 1. The monoisotopic (exact) mass is 679 g/mol. The summed E-state index contributed by atoms with van der Waals surface area (Å²) in [6.07, 6.45) is 7.22. The molecule has 0 N–H and O–H groups in total. The van der Waals surface area contributed by atoms with Crippen LogP contribution in [0.5, 0.6) is 0 Å². The summed E-state index contributed by atoms with van der Waals surface area (Å²) in [6, 6.07) is 51.7. The highest BCUT2D eigenvalue weighted by Crippen LogP contribution is 2.47. The second-order valence-corrected chi connectivity index (χ2v) is 12.9. The van der Waals surface area contributed by atoms with Crippen LogP contribution in [0.25, 0.3) is 100 Å². The quantitative estimate of drug-likeness (QED) is 0.174. The number of nitrogens with zero attached hydrogens (tertiary/aromatic N) is 5. The van der Waals surface area contributed by atoms with E-state index in [1.165, 1.54) is 0 Å². The summed E-state index contributed by atoms with van der Waals surface area (Å²) in [5.41, 5.74) is 12.4. The normalized spacial score (nSPS) is 11.4. The molecule has 53 heavy (non-hydrogen) atoms. The summed E-state index contributed by atoms with van der Waals surface area (Å²) in [5.74, 6) is 1.47. The first-order chi connectivity index (χ1) is 26.3. The van der Waals surface area contributed by atoms with Crippen LogP contribution in [0.3, 0.4) is 0 Å². The Morgan fingerprint density at radius 2 is 0.962 bits per heavy atom. The third-order valence-electron chi connectivity index (χ3n) is 9.70. The smallest absolute Gasteiger partial charge is 0.160 e. The standard InChI is InChI=1S/C47H29N5O/c1-3-9-32(10-4-1)44-42-41(31-21-25-48-26-22-31)45(34-23-27-49-28-24-34)53-46(42)38-29-36(19-20-40(38)50-44)30-15-17-33(18-16-30)43-37-13-7-8-14-39(37)51-47(52-43)35-11-5-2-6-12-35/h1-29H. The maximum atomic E-state index is 6.97. The molecule has 0 aliphatic carbocycles. The van der Waals surface area contributed by atoms with Crippen molar-refractivity contribution in [2.75, 3.05) is 0 Å². The van der Waals surface area contributed by atoms with Crippen molar-refractivity contribution in [2.24, 2.45) is 0 Å². The predicted octanol–water partition coefficient (Wildman–Crippen LogP) is 11.7. The molecule has 0 spiro atoms. The summed E-state index contributed by atoms with van der Waals surface area (Å²) in [7, 11) is 0. The maximum Gasteiger partial charge on any atom is 0.160 e. The Hall–Kier alpha value is -7.31. The molecule has 5 heterocycles. The fraction of sp³-hybridized carbons (Fsp3) is 0. The van der Waals surface area contributed by atoms with Crippen LogP contribution in [0.15, 0.2) is 181 Å². The van der Waals surface area contributed by atoms with Gasteiger partial charge < -0.3 is 4.42 Å². The molecular formula is C47H29N5O. The lowest BCUT2D eigenvalue weighted by atomic mass is 9.94. The van der Waals surface area contributed by atoms with Gasteiger partial charge in [-0.05, 0) is 59.2 Å². The molecule has 0 fully saturated rings. The number of fused-ring (bicyclic) bond motifs is 4. The Balaban J connectivity index is 1.15. The maximum absolute atomic E-state index is 6.97. The van der Waals surface area contributed by atoms with Gasteiger partial charge >= 0.3 is 0 Å². The average molecular weight is 680 g/mol. The molecule has 248 valence electrons. The zero-order valence-corrected chi connectivity index (χ0v) is 28.4. The Labute approximate surface area is 305 Å². The lowest BCUT2D eigenvalue weighted by molar-refractivity contribution is 0.635. The molecule has 0 saturated heterocycles. The van der Waals surface area contributed by atoms with E-state index < -0.39 is 0 Å². The molecule has 0 unspecified atom stereocenters. The molecular weight excluding hydrogens is 651 g/mol. The lowest BCUT2D eigenvalue weighted by Crippen LogP contribution is -1.95. The number of pyridine rings is 3. The van der Waals surface area contributed by atoms with Crippen LogP contribution < -0.4 is 0 Å². The van der Waals surface area contributed by atoms with E-state index in [2.05, 4.69) is 70.6 Å². The van der Waals surface area contributed by atoms with E-state index in [1.54, 1.807) is 12.4 Å². The Morgan fingerprint density at radius 1 is 0.377 bits per heavy atom. The third-order valence-corrected chi connectivity index (χ3v) is 9.70. The molecule has 0 saturated carbocycles. The van der Waals surface area contributed by atoms with Gasteiger partial charge in [-0.3, -0.25) is 9.97 Å². The van der Waals surface area contributed by atoms with Gasteiger partial charge in [-0.15, -0.1) is 0 Å². The molecule has 0 aliphatic rings. The minimum atomic E-state index is 0.708. The summed E-state index contributed by atoms with van der Waals surface area (Å²) in [4.78, 5) is 23.9. The Bertz CT molecular complexity index is 2910. The summed E-state index contributed by atoms with van der Waals surface area (Å²) in [6.45, 7) is 0. The van der Waals surface area contributed by atoms with Crippen molar-refractivity contribution in [1.29, 1.82) is 0 Å². The first kappa shape index (κ1) is 30.5. The molecule has 0 bridgehead atoms. The zero-order valence-electron chi connectivity index (χ0n) is 28.4. The SMILES string of the molecule is c1ccc(-c2nc(-c3ccc(-c4ccc5nc(-c6ccccc6)c6c(-c7ccncc7)c(-c7ccncc7)oc6c5c4)cc3)c3ccccc3n2)cc1. The van der Waals surface area contributed by atoms with Crippen LogP contribution in [-0.4, -0.2) is 24.9 Å². The van der Waals surface area contributed by atoms with Crippen LogP contribution in [0.4, 0.5) is 0 Å². The van der Waals surface area contributed by atoms with Gasteiger partial charge in [0.25, 0.3) is 0 Å². The predicted molar refractivity (Wildman–Crippen MR) is 213 cm³/mol. The number of rotatable bonds is 6. The number of hydrogen-bond acceptors (Lipinski definition) is 6. The van der Waals surface area contributed by atoms with Crippen LogP contribution in [-0.2, 0) is 0 Å². The number of furan rings is 1. The number of hydrogen-bond donors (Lipinski definition) is 0. The minimum Gasteiger partial charge on any atom is -0.455 e. The van der Waals surface area contributed by atoms with Crippen LogP contribution >= 0.6 is 0 Å². The van der Waals surface area contributed by atoms with Gasteiger partial charge in [0.1, 0.15) is 11.3 Å². The highest BCUT2D eigenvalue weighted by atomic mass is 16.3. The van der Waals surface area contributed by atoms with E-state index in [9.17, 15) is 0 Å². The van der Waals surface area contributed by atoms with Gasteiger partial charge in [0.05, 0.1) is 27.8 Å². The van der Waals surface area contributed by atoms with Crippen LogP contribution in [0.1, 0.15) is 0 Å². The van der Waals surface area contributed by atoms with Crippen molar-refractivity contribution in [3.63, 3.8) is 0 Å². The highest BCUT2D eigenvalue weighted by Gasteiger charge is 2.24. The second kappa shape index (κ2) is 12.8. The topological polar surface area (TPSA) is 77.6 Å². The molecule has 5 aromatic heterocycles. The fourth-order valence-electron chi connectivity index (χ4n) is 7.16. The van der Waals surface area contributed by atoms with Crippen molar-refractivity contribution >= 4 is 32.8 Å². The minimum absolute atomic E-state index is 0.708.